The van der Waals surface area contributed by atoms with Crippen LogP contribution in [0.4, 0.5) is 4.79 Å². The Kier molecular flexibility index (Phi) is 4.06. The number of methoxy groups -OCH3 is 1. The van der Waals surface area contributed by atoms with Crippen molar-refractivity contribution in [1.29, 1.82) is 0 Å². The zero-order chi connectivity index (χ0) is 13.8. The monoisotopic (exact) mass is 275 g/mol. The smallest absolute Gasteiger partial charge is 0.293 e. The van der Waals surface area contributed by atoms with E-state index >= 15 is 0 Å². The first kappa shape index (κ1) is 13.4. The van der Waals surface area contributed by atoms with Gasteiger partial charge < -0.3 is 4.74 Å². The molecular formula is C14H13NO3S. The first-order chi connectivity index (χ1) is 9.15. The number of carbonyl (C=O) groups is 2. The lowest BCUT2D eigenvalue weighted by atomic mass is 10.2. The first-order valence-electron chi connectivity index (χ1n) is 5.66. The average molecular weight is 275 g/mol. The Labute approximate surface area is 115 Å². The third-order valence-electron chi connectivity index (χ3n) is 2.60. The third-order valence-corrected chi connectivity index (χ3v) is 3.51. The molecule has 0 aromatic heterocycles. The molecule has 0 aliphatic carbocycles. The summed E-state index contributed by atoms with van der Waals surface area (Å²) in [5.41, 5.74) is 0.852. The van der Waals surface area contributed by atoms with Gasteiger partial charge in [-0.15, -0.1) is 6.58 Å². The molecule has 0 N–H and O–H groups in total. The Morgan fingerprint density at radius 2 is 2.00 bits per heavy atom. The average Bonchev–Trinajstić information content (AvgIpc) is 2.68. The van der Waals surface area contributed by atoms with Gasteiger partial charge in [0.15, 0.2) is 0 Å². The van der Waals surface area contributed by atoms with Gasteiger partial charge >= 0.3 is 0 Å². The lowest BCUT2D eigenvalue weighted by Gasteiger charge is -2.07. The molecule has 0 bridgehead atoms. The van der Waals surface area contributed by atoms with Gasteiger partial charge in [-0.25, -0.2) is 0 Å². The number of amides is 2. The van der Waals surface area contributed by atoms with E-state index in [2.05, 4.69) is 6.58 Å². The van der Waals surface area contributed by atoms with E-state index in [1.54, 1.807) is 25.3 Å². The van der Waals surface area contributed by atoms with Crippen molar-refractivity contribution in [3.8, 4) is 5.75 Å². The van der Waals surface area contributed by atoms with Crippen LogP contribution in [0.5, 0.6) is 5.75 Å². The Morgan fingerprint density at radius 1 is 1.32 bits per heavy atom. The number of thioether (sulfide) groups is 1. The molecule has 1 saturated heterocycles. The Balaban J connectivity index is 2.21. The molecule has 0 radical (unpaired) electrons. The summed E-state index contributed by atoms with van der Waals surface area (Å²) >= 11 is 0.946. The molecule has 19 heavy (non-hydrogen) atoms. The van der Waals surface area contributed by atoms with Crippen molar-refractivity contribution in [3.05, 3.63) is 47.4 Å². The summed E-state index contributed by atoms with van der Waals surface area (Å²) in [4.78, 5) is 25.2. The first-order valence-corrected chi connectivity index (χ1v) is 6.47. The largest absolute Gasteiger partial charge is 0.497 e. The van der Waals surface area contributed by atoms with Crippen LogP contribution >= 0.6 is 11.8 Å². The van der Waals surface area contributed by atoms with Crippen LogP contribution in [0.15, 0.2) is 41.8 Å². The topological polar surface area (TPSA) is 46.6 Å². The molecule has 1 aliphatic heterocycles. The van der Waals surface area contributed by atoms with Crippen LogP contribution < -0.4 is 4.74 Å². The summed E-state index contributed by atoms with van der Waals surface area (Å²) in [5, 5.41) is -0.260. The highest BCUT2D eigenvalue weighted by molar-refractivity contribution is 8.18. The molecule has 2 amide bonds. The zero-order valence-electron chi connectivity index (χ0n) is 10.5. The standard InChI is InChI=1S/C14H13NO3S/c1-3-8-15-13(16)12(19-14(15)17)9-10-4-6-11(18-2)7-5-10/h3-7,9H,1,8H2,2H3/b12-9-. The van der Waals surface area contributed by atoms with E-state index in [0.717, 1.165) is 23.1 Å². The molecular weight excluding hydrogens is 262 g/mol. The second-order valence-electron chi connectivity index (χ2n) is 3.85. The van der Waals surface area contributed by atoms with Crippen LogP contribution in [-0.4, -0.2) is 29.7 Å². The molecule has 2 rings (SSSR count). The molecule has 1 fully saturated rings. The summed E-state index contributed by atoms with van der Waals surface area (Å²) in [6, 6.07) is 7.28. The SMILES string of the molecule is C=CCN1C(=O)S/C(=C\c2ccc(OC)cc2)C1=O. The van der Waals surface area contributed by atoms with Gasteiger partial charge in [-0.1, -0.05) is 18.2 Å². The minimum atomic E-state index is -0.272. The van der Waals surface area contributed by atoms with E-state index in [1.165, 1.54) is 11.0 Å². The number of imide groups is 1. The number of hydrogen-bond acceptors (Lipinski definition) is 4. The van der Waals surface area contributed by atoms with Crippen LogP contribution in [-0.2, 0) is 4.79 Å². The van der Waals surface area contributed by atoms with Gasteiger partial charge in [-0.05, 0) is 35.5 Å². The molecule has 5 heteroatoms. The molecule has 1 heterocycles. The van der Waals surface area contributed by atoms with E-state index in [1.807, 2.05) is 12.1 Å². The Bertz CT molecular complexity index is 548. The fourth-order valence-electron chi connectivity index (χ4n) is 1.64. The summed E-state index contributed by atoms with van der Waals surface area (Å²) in [5.74, 6) is 0.475. The van der Waals surface area contributed by atoms with Crippen molar-refractivity contribution in [3.63, 3.8) is 0 Å². The summed E-state index contributed by atoms with van der Waals surface area (Å²) in [6.07, 6.45) is 3.24. The third kappa shape index (κ3) is 2.88. The lowest BCUT2D eigenvalue weighted by Crippen LogP contribution is -2.27. The molecule has 1 aromatic carbocycles. The minimum absolute atomic E-state index is 0.241. The maximum absolute atomic E-state index is 12.0. The molecule has 4 nitrogen and oxygen atoms in total. The van der Waals surface area contributed by atoms with Crippen molar-refractivity contribution in [2.45, 2.75) is 0 Å². The van der Waals surface area contributed by atoms with E-state index in [4.69, 9.17) is 4.74 Å². The Morgan fingerprint density at radius 3 is 2.58 bits per heavy atom. The Hall–Kier alpha value is -2.01. The van der Waals surface area contributed by atoms with Gasteiger partial charge in [0, 0.05) is 6.54 Å². The summed E-state index contributed by atoms with van der Waals surface area (Å²) in [7, 11) is 1.59. The van der Waals surface area contributed by atoms with Crippen LogP contribution in [0.3, 0.4) is 0 Å². The second kappa shape index (κ2) is 5.75. The number of carbonyl (C=O) groups excluding carboxylic acids is 2. The molecule has 1 aromatic rings. The highest BCUT2D eigenvalue weighted by Crippen LogP contribution is 2.32. The molecule has 0 unspecified atom stereocenters. The fraction of sp³-hybridized carbons (Fsp3) is 0.143. The van der Waals surface area contributed by atoms with Gasteiger partial charge in [0.25, 0.3) is 11.1 Å². The molecule has 1 aliphatic rings. The number of hydrogen-bond donors (Lipinski definition) is 0. The van der Waals surface area contributed by atoms with Crippen molar-refractivity contribution in [2.75, 3.05) is 13.7 Å². The quantitative estimate of drug-likeness (QED) is 0.626. The van der Waals surface area contributed by atoms with Crippen LogP contribution in [0.25, 0.3) is 6.08 Å². The maximum atomic E-state index is 12.0. The maximum Gasteiger partial charge on any atom is 0.293 e. The van der Waals surface area contributed by atoms with Crippen LogP contribution in [0.2, 0.25) is 0 Å². The van der Waals surface area contributed by atoms with Crippen molar-refractivity contribution in [1.82, 2.24) is 4.90 Å². The number of ether oxygens (including phenoxy) is 1. The van der Waals surface area contributed by atoms with Gasteiger partial charge in [0.05, 0.1) is 12.0 Å². The van der Waals surface area contributed by atoms with Crippen molar-refractivity contribution in [2.24, 2.45) is 0 Å². The van der Waals surface area contributed by atoms with E-state index < -0.39 is 0 Å². The van der Waals surface area contributed by atoms with Gasteiger partial charge in [-0.3, -0.25) is 14.5 Å². The molecule has 0 spiro atoms. The molecule has 0 atom stereocenters. The second-order valence-corrected chi connectivity index (χ2v) is 4.85. The van der Waals surface area contributed by atoms with E-state index in [0.29, 0.717) is 4.91 Å². The number of benzene rings is 1. The number of rotatable bonds is 4. The lowest BCUT2D eigenvalue weighted by molar-refractivity contribution is -0.122. The highest BCUT2D eigenvalue weighted by Gasteiger charge is 2.33. The van der Waals surface area contributed by atoms with Crippen LogP contribution in [0, 0.1) is 0 Å². The van der Waals surface area contributed by atoms with Crippen LogP contribution in [0.1, 0.15) is 5.56 Å². The summed E-state index contributed by atoms with van der Waals surface area (Å²) < 4.78 is 5.06. The number of nitrogens with zero attached hydrogens (tertiary/aromatic N) is 1. The molecule has 0 saturated carbocycles. The fourth-order valence-corrected chi connectivity index (χ4v) is 2.49. The zero-order valence-corrected chi connectivity index (χ0v) is 11.3. The van der Waals surface area contributed by atoms with Gasteiger partial charge in [-0.2, -0.15) is 0 Å². The minimum Gasteiger partial charge on any atom is -0.497 e. The highest BCUT2D eigenvalue weighted by atomic mass is 32.2. The van der Waals surface area contributed by atoms with Gasteiger partial charge in [0.2, 0.25) is 0 Å². The van der Waals surface area contributed by atoms with E-state index in [-0.39, 0.29) is 17.7 Å². The van der Waals surface area contributed by atoms with E-state index in [9.17, 15) is 9.59 Å². The normalized spacial score (nSPS) is 17.1. The predicted octanol–water partition coefficient (Wildman–Crippen LogP) is 2.92. The predicted molar refractivity (Wildman–Crippen MR) is 75.9 cm³/mol. The summed E-state index contributed by atoms with van der Waals surface area (Å²) in [6.45, 7) is 3.77. The van der Waals surface area contributed by atoms with Crippen molar-refractivity contribution >= 4 is 29.0 Å². The van der Waals surface area contributed by atoms with Crippen molar-refractivity contribution < 1.29 is 14.3 Å². The molecule has 98 valence electrons. The van der Waals surface area contributed by atoms with Gasteiger partial charge in [0.1, 0.15) is 5.75 Å².